The van der Waals surface area contributed by atoms with Gasteiger partial charge in [-0.2, -0.15) is 14.5 Å². The van der Waals surface area contributed by atoms with Crippen molar-refractivity contribution in [1.82, 2.24) is 24.6 Å². The van der Waals surface area contributed by atoms with Crippen LogP contribution in [0.1, 0.15) is 0 Å². The molecule has 0 amide bonds. The Morgan fingerprint density at radius 1 is 1.57 bits per heavy atom. The van der Waals surface area contributed by atoms with E-state index < -0.39 is 0 Å². The molecule has 7 heteroatoms. The number of nitrogens with two attached hydrogens (primary N) is 1. The van der Waals surface area contributed by atoms with Crippen LogP contribution >= 0.6 is 11.8 Å². The number of aromatic nitrogens is 5. The molecule has 0 saturated heterocycles. The lowest BCUT2D eigenvalue weighted by molar-refractivity contribution is 0.864. The Kier molecular flexibility index (Phi) is 2.32. The number of fused-ring (bicyclic) bond motifs is 1. The van der Waals surface area contributed by atoms with E-state index in [4.69, 9.17) is 5.73 Å². The molecule has 14 heavy (non-hydrogen) atoms. The predicted molar refractivity (Wildman–Crippen MR) is 53.9 cm³/mol. The van der Waals surface area contributed by atoms with Crippen molar-refractivity contribution in [2.75, 3.05) is 11.5 Å². The van der Waals surface area contributed by atoms with Gasteiger partial charge in [0.25, 0.3) is 5.78 Å². The molecule has 2 aromatic heterocycles. The smallest absolute Gasteiger partial charge is 0.257 e. The van der Waals surface area contributed by atoms with Gasteiger partial charge in [-0.25, -0.2) is 4.98 Å². The molecule has 72 valence electrons. The molecule has 0 unspecified atom stereocenters. The van der Waals surface area contributed by atoms with E-state index in [2.05, 4.69) is 26.6 Å². The van der Waals surface area contributed by atoms with E-state index in [-0.39, 0.29) is 5.95 Å². The predicted octanol–water partition coefficient (Wildman–Crippen LogP) is 0.380. The first-order valence-electron chi connectivity index (χ1n) is 3.88. The standard InChI is InChI=1S/C7H8N6S/c1-2-3-14-7-11-6-10-4-9-5(8)13(6)12-7/h2,4H,1,3H2,(H2,8,9,10,11,12). The van der Waals surface area contributed by atoms with Gasteiger partial charge in [0.2, 0.25) is 11.1 Å². The molecule has 0 fully saturated rings. The van der Waals surface area contributed by atoms with Gasteiger partial charge in [-0.15, -0.1) is 11.7 Å². The van der Waals surface area contributed by atoms with E-state index >= 15 is 0 Å². The molecule has 0 atom stereocenters. The van der Waals surface area contributed by atoms with Gasteiger partial charge >= 0.3 is 0 Å². The second kappa shape index (κ2) is 3.62. The first-order valence-corrected chi connectivity index (χ1v) is 4.87. The van der Waals surface area contributed by atoms with E-state index in [1.54, 1.807) is 6.08 Å². The number of rotatable bonds is 3. The van der Waals surface area contributed by atoms with Crippen LogP contribution < -0.4 is 5.73 Å². The fourth-order valence-electron chi connectivity index (χ4n) is 0.912. The van der Waals surface area contributed by atoms with E-state index in [0.717, 1.165) is 5.75 Å². The fourth-order valence-corrected chi connectivity index (χ4v) is 1.46. The van der Waals surface area contributed by atoms with Crippen LogP contribution in [0.2, 0.25) is 0 Å². The summed E-state index contributed by atoms with van der Waals surface area (Å²) in [5, 5.41) is 4.74. The molecule has 2 heterocycles. The maximum atomic E-state index is 5.58. The van der Waals surface area contributed by atoms with Gasteiger partial charge in [0.05, 0.1) is 0 Å². The van der Waals surface area contributed by atoms with Crippen LogP contribution in [-0.4, -0.2) is 30.3 Å². The third-order valence-corrected chi connectivity index (χ3v) is 2.31. The summed E-state index contributed by atoms with van der Waals surface area (Å²) >= 11 is 1.47. The van der Waals surface area contributed by atoms with Gasteiger partial charge in [-0.1, -0.05) is 17.8 Å². The Bertz CT molecular complexity index is 464. The molecule has 6 nitrogen and oxygen atoms in total. The third kappa shape index (κ3) is 1.53. The van der Waals surface area contributed by atoms with Crippen LogP contribution in [0.4, 0.5) is 5.95 Å². The highest BCUT2D eigenvalue weighted by atomic mass is 32.2. The Labute approximate surface area is 84.3 Å². The van der Waals surface area contributed by atoms with Crippen LogP contribution in [-0.2, 0) is 0 Å². The number of hydrogen-bond acceptors (Lipinski definition) is 6. The Balaban J connectivity index is 2.41. The van der Waals surface area contributed by atoms with Crippen molar-refractivity contribution in [2.24, 2.45) is 0 Å². The minimum atomic E-state index is 0.285. The van der Waals surface area contributed by atoms with E-state index in [9.17, 15) is 0 Å². The summed E-state index contributed by atoms with van der Waals surface area (Å²) < 4.78 is 1.41. The maximum Gasteiger partial charge on any atom is 0.257 e. The van der Waals surface area contributed by atoms with Gasteiger partial charge in [-0.05, 0) is 0 Å². The number of thioether (sulfide) groups is 1. The first kappa shape index (κ1) is 8.95. The second-order valence-corrected chi connectivity index (χ2v) is 3.42. The molecule has 0 saturated carbocycles. The lowest BCUT2D eigenvalue weighted by atomic mass is 10.8. The zero-order chi connectivity index (χ0) is 9.97. The molecular weight excluding hydrogens is 200 g/mol. The molecule has 0 aliphatic heterocycles. The van der Waals surface area contributed by atoms with Gasteiger partial charge in [-0.3, -0.25) is 0 Å². The highest BCUT2D eigenvalue weighted by Gasteiger charge is 2.06. The highest BCUT2D eigenvalue weighted by Crippen LogP contribution is 2.13. The maximum absolute atomic E-state index is 5.58. The molecule has 0 radical (unpaired) electrons. The lowest BCUT2D eigenvalue weighted by Crippen LogP contribution is -2.02. The molecule has 2 aromatic rings. The summed E-state index contributed by atoms with van der Waals surface area (Å²) in [6.07, 6.45) is 3.15. The monoisotopic (exact) mass is 208 g/mol. The van der Waals surface area contributed by atoms with Crippen molar-refractivity contribution < 1.29 is 0 Å². The summed E-state index contributed by atoms with van der Waals surface area (Å²) in [6, 6.07) is 0. The summed E-state index contributed by atoms with van der Waals surface area (Å²) in [4.78, 5) is 11.9. The Morgan fingerprint density at radius 2 is 2.43 bits per heavy atom. The largest absolute Gasteiger partial charge is 0.368 e. The van der Waals surface area contributed by atoms with E-state index in [1.165, 1.54) is 22.6 Å². The topological polar surface area (TPSA) is 82.0 Å². The van der Waals surface area contributed by atoms with Crippen molar-refractivity contribution in [1.29, 1.82) is 0 Å². The van der Waals surface area contributed by atoms with Crippen molar-refractivity contribution in [3.63, 3.8) is 0 Å². The van der Waals surface area contributed by atoms with Crippen LogP contribution in [0.15, 0.2) is 24.1 Å². The normalized spacial score (nSPS) is 10.6. The number of nitrogen functional groups attached to an aromatic ring is 1. The fraction of sp³-hybridized carbons (Fsp3) is 0.143. The first-order chi connectivity index (χ1) is 6.81. The summed E-state index contributed by atoms with van der Waals surface area (Å²) in [7, 11) is 0. The second-order valence-electron chi connectivity index (χ2n) is 2.44. The molecule has 0 bridgehead atoms. The van der Waals surface area contributed by atoms with Crippen molar-refractivity contribution in [3.05, 3.63) is 19.0 Å². The van der Waals surface area contributed by atoms with E-state index in [0.29, 0.717) is 10.9 Å². The summed E-state index contributed by atoms with van der Waals surface area (Å²) in [5.41, 5.74) is 5.58. The van der Waals surface area contributed by atoms with E-state index in [1.807, 2.05) is 0 Å². The van der Waals surface area contributed by atoms with Crippen molar-refractivity contribution in [3.8, 4) is 0 Å². The van der Waals surface area contributed by atoms with Gasteiger partial charge < -0.3 is 5.73 Å². The zero-order valence-corrected chi connectivity index (χ0v) is 8.11. The molecular formula is C7H8N6S. The Morgan fingerprint density at radius 3 is 3.14 bits per heavy atom. The summed E-state index contributed by atoms with van der Waals surface area (Å²) in [5.74, 6) is 1.50. The van der Waals surface area contributed by atoms with Crippen molar-refractivity contribution >= 4 is 23.5 Å². The highest BCUT2D eigenvalue weighted by molar-refractivity contribution is 7.99. The Hall–Kier alpha value is -1.63. The van der Waals surface area contributed by atoms with Crippen LogP contribution in [0, 0.1) is 0 Å². The van der Waals surface area contributed by atoms with Gasteiger partial charge in [0, 0.05) is 5.75 Å². The molecule has 2 rings (SSSR count). The molecule has 0 spiro atoms. The molecule has 0 aliphatic rings. The molecule has 0 aromatic carbocycles. The average Bonchev–Trinajstić information content (AvgIpc) is 2.59. The lowest BCUT2D eigenvalue weighted by Gasteiger charge is -1.91. The van der Waals surface area contributed by atoms with Crippen LogP contribution in [0.25, 0.3) is 5.78 Å². The number of anilines is 1. The zero-order valence-electron chi connectivity index (χ0n) is 7.29. The van der Waals surface area contributed by atoms with Gasteiger partial charge in [0.15, 0.2) is 0 Å². The van der Waals surface area contributed by atoms with Gasteiger partial charge in [0.1, 0.15) is 6.33 Å². The minimum Gasteiger partial charge on any atom is -0.368 e. The van der Waals surface area contributed by atoms with Crippen LogP contribution in [0.3, 0.4) is 0 Å². The number of nitrogens with zero attached hydrogens (tertiary/aromatic N) is 5. The number of hydrogen-bond donors (Lipinski definition) is 1. The molecule has 0 aliphatic carbocycles. The quantitative estimate of drug-likeness (QED) is 0.580. The average molecular weight is 208 g/mol. The minimum absolute atomic E-state index is 0.285. The third-order valence-electron chi connectivity index (χ3n) is 1.48. The molecule has 2 N–H and O–H groups in total. The SMILES string of the molecule is C=CCSc1nc2ncnc(N)n2n1. The van der Waals surface area contributed by atoms with Crippen molar-refractivity contribution in [2.45, 2.75) is 5.16 Å². The summed E-state index contributed by atoms with van der Waals surface area (Å²) in [6.45, 7) is 3.61. The van der Waals surface area contributed by atoms with Crippen LogP contribution in [0.5, 0.6) is 0 Å².